The Morgan fingerprint density at radius 2 is 2.15 bits per heavy atom. The van der Waals surface area contributed by atoms with Crippen LogP contribution in [0.2, 0.25) is 0 Å². The number of carbonyl (C=O) groups excluding carboxylic acids is 1. The zero-order chi connectivity index (χ0) is 17.9. The topological polar surface area (TPSA) is 45.1 Å². The van der Waals surface area contributed by atoms with Gasteiger partial charge in [0.15, 0.2) is 0 Å². The number of thiophene rings is 1. The summed E-state index contributed by atoms with van der Waals surface area (Å²) in [6.07, 6.45) is 0.592. The zero-order valence-electron chi connectivity index (χ0n) is 14.3. The number of rotatable bonds is 4. The minimum atomic E-state index is -0.296. The molecule has 1 atom stereocenters. The molecule has 1 fully saturated rings. The number of benzene rings is 1. The lowest BCUT2D eigenvalue weighted by molar-refractivity contribution is -0.135. The van der Waals surface area contributed by atoms with Gasteiger partial charge >= 0.3 is 0 Å². The van der Waals surface area contributed by atoms with Gasteiger partial charge in [0.1, 0.15) is 5.82 Å². The molecule has 1 aromatic heterocycles. The van der Waals surface area contributed by atoms with Crippen molar-refractivity contribution < 1.29 is 13.9 Å². The molecule has 2 aromatic rings. The van der Waals surface area contributed by atoms with Crippen LogP contribution in [0, 0.1) is 5.82 Å². The second-order valence-corrected chi connectivity index (χ2v) is 7.24. The van der Waals surface area contributed by atoms with Crippen LogP contribution in [0.1, 0.15) is 23.6 Å². The third-order valence-electron chi connectivity index (χ3n) is 4.71. The fourth-order valence-electron chi connectivity index (χ4n) is 3.33. The van der Waals surface area contributed by atoms with E-state index in [1.165, 1.54) is 12.1 Å². The summed E-state index contributed by atoms with van der Waals surface area (Å²) in [6, 6.07) is 8.28. The number of hydrogen-bond donors (Lipinski definition) is 0. The number of morpholine rings is 1. The van der Waals surface area contributed by atoms with Crippen LogP contribution >= 0.6 is 11.3 Å². The van der Waals surface area contributed by atoms with Crippen LogP contribution in [0.5, 0.6) is 0 Å². The van der Waals surface area contributed by atoms with Gasteiger partial charge in [-0.25, -0.2) is 9.40 Å². The van der Waals surface area contributed by atoms with Crippen molar-refractivity contribution in [3.8, 4) is 0 Å². The van der Waals surface area contributed by atoms with E-state index in [0.717, 1.165) is 29.9 Å². The van der Waals surface area contributed by atoms with Gasteiger partial charge in [0.25, 0.3) is 5.91 Å². The summed E-state index contributed by atoms with van der Waals surface area (Å²) in [5.74, 6) is -0.329. The molecule has 1 saturated heterocycles. The lowest BCUT2D eigenvalue weighted by Crippen LogP contribution is -2.43. The van der Waals surface area contributed by atoms with Gasteiger partial charge < -0.3 is 4.74 Å². The Morgan fingerprint density at radius 3 is 2.88 bits per heavy atom. The predicted octanol–water partition coefficient (Wildman–Crippen LogP) is 2.90. The molecule has 0 unspecified atom stereocenters. The smallest absolute Gasteiger partial charge is 0.257 e. The number of hydrazone groups is 1. The van der Waals surface area contributed by atoms with Crippen molar-refractivity contribution >= 4 is 23.0 Å². The van der Waals surface area contributed by atoms with Gasteiger partial charge in [0, 0.05) is 25.1 Å². The van der Waals surface area contributed by atoms with E-state index in [4.69, 9.17) is 4.74 Å². The highest BCUT2D eigenvalue weighted by Gasteiger charge is 2.34. The zero-order valence-corrected chi connectivity index (χ0v) is 15.1. The maximum Gasteiger partial charge on any atom is 0.257 e. The van der Waals surface area contributed by atoms with Crippen LogP contribution in [-0.4, -0.2) is 54.4 Å². The second kappa shape index (κ2) is 7.65. The van der Waals surface area contributed by atoms with Crippen molar-refractivity contribution in [2.75, 3.05) is 32.8 Å². The van der Waals surface area contributed by atoms with Crippen LogP contribution in [0.25, 0.3) is 0 Å². The molecule has 0 spiro atoms. The standard InChI is InChI=1S/C19H20FN3O2S/c20-16-3-1-2-14(10-16)17-11-18(15-4-9-26-13-15)23(21-17)19(24)12-22-5-7-25-8-6-22/h1-4,9-10,13,18H,5-8,11-12H2/t18-/m0/s1. The summed E-state index contributed by atoms with van der Waals surface area (Å²) in [7, 11) is 0. The first kappa shape index (κ1) is 17.3. The van der Waals surface area contributed by atoms with Crippen LogP contribution in [0.15, 0.2) is 46.2 Å². The van der Waals surface area contributed by atoms with E-state index in [1.807, 2.05) is 22.9 Å². The Labute approximate surface area is 155 Å². The third-order valence-corrected chi connectivity index (χ3v) is 5.42. The van der Waals surface area contributed by atoms with Gasteiger partial charge in [-0.05, 0) is 34.5 Å². The number of ether oxygens (including phenoxy) is 1. The largest absolute Gasteiger partial charge is 0.379 e. The first-order chi connectivity index (χ1) is 12.7. The molecule has 4 rings (SSSR count). The lowest BCUT2D eigenvalue weighted by atomic mass is 10.0. The Morgan fingerprint density at radius 1 is 1.31 bits per heavy atom. The number of nitrogens with zero attached hydrogens (tertiary/aromatic N) is 3. The summed E-state index contributed by atoms with van der Waals surface area (Å²) in [5, 5.41) is 10.2. The Balaban J connectivity index is 1.58. The van der Waals surface area contributed by atoms with E-state index in [1.54, 1.807) is 22.4 Å². The SMILES string of the molecule is O=C(CN1CCOCC1)N1N=C(c2cccc(F)c2)C[C@H]1c1ccsc1. The van der Waals surface area contributed by atoms with Crippen LogP contribution < -0.4 is 0 Å². The minimum absolute atomic E-state index is 0.0329. The van der Waals surface area contributed by atoms with E-state index in [-0.39, 0.29) is 17.8 Å². The number of halogens is 1. The highest BCUT2D eigenvalue weighted by Crippen LogP contribution is 2.34. The van der Waals surface area contributed by atoms with Crippen LogP contribution in [0.3, 0.4) is 0 Å². The molecule has 1 aromatic carbocycles. The number of carbonyl (C=O) groups is 1. The predicted molar refractivity (Wildman–Crippen MR) is 98.7 cm³/mol. The molecule has 2 aliphatic rings. The third kappa shape index (κ3) is 3.70. The molecule has 0 aliphatic carbocycles. The molecule has 0 N–H and O–H groups in total. The molecule has 2 aliphatic heterocycles. The molecule has 26 heavy (non-hydrogen) atoms. The fraction of sp³-hybridized carbons (Fsp3) is 0.368. The summed E-state index contributed by atoms with van der Waals surface area (Å²) < 4.78 is 18.9. The quantitative estimate of drug-likeness (QED) is 0.828. The maximum atomic E-state index is 13.6. The Kier molecular flexibility index (Phi) is 5.10. The molecule has 0 saturated carbocycles. The van der Waals surface area contributed by atoms with Crippen molar-refractivity contribution in [1.82, 2.24) is 9.91 Å². The maximum absolute atomic E-state index is 13.6. The summed E-state index contributed by atoms with van der Waals surface area (Å²) in [5.41, 5.74) is 2.54. The van der Waals surface area contributed by atoms with Gasteiger partial charge in [-0.3, -0.25) is 9.69 Å². The van der Waals surface area contributed by atoms with Crippen LogP contribution in [0.4, 0.5) is 4.39 Å². The second-order valence-electron chi connectivity index (χ2n) is 6.46. The van der Waals surface area contributed by atoms with E-state index >= 15 is 0 Å². The molecule has 1 amide bonds. The molecule has 0 bridgehead atoms. The fourth-order valence-corrected chi connectivity index (χ4v) is 4.04. The summed E-state index contributed by atoms with van der Waals surface area (Å²) in [6.45, 7) is 3.13. The van der Waals surface area contributed by atoms with Gasteiger partial charge in [-0.2, -0.15) is 16.4 Å². The highest BCUT2D eigenvalue weighted by molar-refractivity contribution is 7.08. The monoisotopic (exact) mass is 373 g/mol. The number of amides is 1. The van der Waals surface area contributed by atoms with E-state index in [2.05, 4.69) is 10.0 Å². The van der Waals surface area contributed by atoms with Crippen molar-refractivity contribution in [3.63, 3.8) is 0 Å². The molecule has 7 heteroatoms. The molecular weight excluding hydrogens is 353 g/mol. The molecule has 5 nitrogen and oxygen atoms in total. The first-order valence-electron chi connectivity index (χ1n) is 8.68. The summed E-state index contributed by atoms with van der Waals surface area (Å²) >= 11 is 1.60. The Hall–Kier alpha value is -2.09. The summed E-state index contributed by atoms with van der Waals surface area (Å²) in [4.78, 5) is 15.0. The minimum Gasteiger partial charge on any atom is -0.379 e. The van der Waals surface area contributed by atoms with Crippen molar-refractivity contribution in [2.24, 2.45) is 5.10 Å². The van der Waals surface area contributed by atoms with Gasteiger partial charge in [-0.15, -0.1) is 0 Å². The van der Waals surface area contributed by atoms with Gasteiger partial charge in [-0.1, -0.05) is 12.1 Å². The Bertz CT molecular complexity index is 803. The van der Waals surface area contributed by atoms with Gasteiger partial charge in [0.2, 0.25) is 0 Å². The van der Waals surface area contributed by atoms with E-state index in [9.17, 15) is 9.18 Å². The average Bonchev–Trinajstić information content (AvgIpc) is 3.32. The first-order valence-corrected chi connectivity index (χ1v) is 9.62. The molecular formula is C19H20FN3O2S. The average molecular weight is 373 g/mol. The van der Waals surface area contributed by atoms with Crippen molar-refractivity contribution in [3.05, 3.63) is 58.0 Å². The van der Waals surface area contributed by atoms with E-state index in [0.29, 0.717) is 26.2 Å². The van der Waals surface area contributed by atoms with Crippen molar-refractivity contribution in [1.29, 1.82) is 0 Å². The van der Waals surface area contributed by atoms with Crippen molar-refractivity contribution in [2.45, 2.75) is 12.5 Å². The van der Waals surface area contributed by atoms with E-state index < -0.39 is 0 Å². The normalized spacial score (nSPS) is 21.0. The molecule has 136 valence electrons. The van der Waals surface area contributed by atoms with Gasteiger partial charge in [0.05, 0.1) is 31.5 Å². The molecule has 0 radical (unpaired) electrons. The number of hydrogen-bond acceptors (Lipinski definition) is 5. The molecule has 3 heterocycles. The lowest BCUT2D eigenvalue weighted by Gasteiger charge is -2.28. The highest BCUT2D eigenvalue weighted by atomic mass is 32.1. The van der Waals surface area contributed by atoms with Crippen LogP contribution in [-0.2, 0) is 9.53 Å².